The van der Waals surface area contributed by atoms with Gasteiger partial charge in [-0.2, -0.15) is 5.10 Å². The van der Waals surface area contributed by atoms with E-state index in [4.69, 9.17) is 5.11 Å². The van der Waals surface area contributed by atoms with Crippen LogP contribution >= 0.6 is 0 Å². The molecule has 0 aliphatic heterocycles. The van der Waals surface area contributed by atoms with Crippen molar-refractivity contribution < 1.29 is 14.3 Å². The van der Waals surface area contributed by atoms with Gasteiger partial charge in [-0.25, -0.2) is 9.18 Å². The van der Waals surface area contributed by atoms with Crippen molar-refractivity contribution in [2.24, 2.45) is 0 Å². The van der Waals surface area contributed by atoms with E-state index < -0.39 is 11.8 Å². The minimum Gasteiger partial charge on any atom is -0.477 e. The molecular weight excluding hydrogens is 187 g/mol. The minimum absolute atomic E-state index is 0.0809. The topological polar surface area (TPSA) is 66.0 Å². The zero-order valence-corrected chi connectivity index (χ0v) is 7.34. The third kappa shape index (κ3) is 1.14. The predicted octanol–water partition coefficient (Wildman–Crippen LogP) is 1.71. The molecule has 0 saturated heterocycles. The second kappa shape index (κ2) is 2.80. The number of carboxylic acids is 1. The summed E-state index contributed by atoms with van der Waals surface area (Å²) in [5.41, 5.74) is 1.02. The number of carboxylic acid groups (broad SMARTS) is 1. The zero-order chi connectivity index (χ0) is 10.3. The van der Waals surface area contributed by atoms with Gasteiger partial charge in [0.1, 0.15) is 5.82 Å². The Kier molecular flexibility index (Phi) is 1.73. The second-order valence-electron chi connectivity index (χ2n) is 3.02. The Balaban J connectivity index is 2.85. The Labute approximate surface area is 78.4 Å². The Morgan fingerprint density at radius 3 is 2.93 bits per heavy atom. The minimum atomic E-state index is -1.14. The Morgan fingerprint density at radius 1 is 1.57 bits per heavy atom. The number of halogens is 1. The molecule has 0 unspecified atom stereocenters. The third-order valence-electron chi connectivity index (χ3n) is 2.03. The lowest BCUT2D eigenvalue weighted by molar-refractivity contribution is 0.0692. The first-order valence-corrected chi connectivity index (χ1v) is 3.97. The number of aromatic nitrogens is 2. The van der Waals surface area contributed by atoms with Gasteiger partial charge in [0.05, 0.1) is 5.52 Å². The van der Waals surface area contributed by atoms with Crippen LogP contribution in [0.1, 0.15) is 16.1 Å². The van der Waals surface area contributed by atoms with Gasteiger partial charge >= 0.3 is 5.97 Å². The van der Waals surface area contributed by atoms with Gasteiger partial charge in [0, 0.05) is 5.39 Å². The highest BCUT2D eigenvalue weighted by Crippen LogP contribution is 2.20. The number of aryl methyl sites for hydroxylation is 1. The number of rotatable bonds is 1. The second-order valence-corrected chi connectivity index (χ2v) is 3.02. The van der Waals surface area contributed by atoms with Gasteiger partial charge in [0.2, 0.25) is 0 Å². The first-order chi connectivity index (χ1) is 6.59. The fourth-order valence-electron chi connectivity index (χ4n) is 1.41. The molecule has 0 radical (unpaired) electrons. The lowest BCUT2D eigenvalue weighted by Crippen LogP contribution is -1.96. The highest BCUT2D eigenvalue weighted by atomic mass is 19.1. The summed E-state index contributed by atoms with van der Waals surface area (Å²) in [6.07, 6.45) is 0. The van der Waals surface area contributed by atoms with Crippen molar-refractivity contribution in [3.8, 4) is 0 Å². The lowest BCUT2D eigenvalue weighted by Gasteiger charge is -1.95. The van der Waals surface area contributed by atoms with E-state index in [0.717, 1.165) is 6.07 Å². The molecule has 0 spiro atoms. The molecule has 0 saturated carbocycles. The van der Waals surface area contributed by atoms with Gasteiger partial charge in [-0.15, -0.1) is 0 Å². The molecule has 0 atom stereocenters. The molecule has 2 N–H and O–H groups in total. The molecule has 1 heterocycles. The van der Waals surface area contributed by atoms with Crippen molar-refractivity contribution in [3.05, 3.63) is 29.2 Å². The van der Waals surface area contributed by atoms with E-state index in [1.165, 1.54) is 6.07 Å². The number of benzene rings is 1. The standard InChI is InChI=1S/C9H7FN2O2/c1-4-2-5(10)3-6-7(4)11-12-8(6)9(13)14/h2-3H,1H3,(H,11,12)(H,13,14). The van der Waals surface area contributed by atoms with E-state index >= 15 is 0 Å². The van der Waals surface area contributed by atoms with Crippen LogP contribution in [-0.2, 0) is 0 Å². The molecule has 0 fully saturated rings. The fourth-order valence-corrected chi connectivity index (χ4v) is 1.41. The van der Waals surface area contributed by atoms with Gasteiger partial charge in [-0.05, 0) is 24.6 Å². The van der Waals surface area contributed by atoms with Crippen molar-refractivity contribution in [2.45, 2.75) is 6.92 Å². The van der Waals surface area contributed by atoms with Crippen LogP contribution in [0.15, 0.2) is 12.1 Å². The number of aromatic carboxylic acids is 1. The SMILES string of the molecule is Cc1cc(F)cc2c(C(=O)O)[nH]nc12. The number of nitrogens with one attached hydrogen (secondary N) is 1. The highest BCUT2D eigenvalue weighted by Gasteiger charge is 2.14. The number of fused-ring (bicyclic) bond motifs is 1. The summed E-state index contributed by atoms with van der Waals surface area (Å²) < 4.78 is 13.0. The van der Waals surface area contributed by atoms with Crippen LogP contribution in [0.4, 0.5) is 4.39 Å². The van der Waals surface area contributed by atoms with Crippen molar-refractivity contribution in [1.29, 1.82) is 0 Å². The van der Waals surface area contributed by atoms with Crippen LogP contribution in [0.5, 0.6) is 0 Å². The van der Waals surface area contributed by atoms with Gasteiger partial charge in [0.25, 0.3) is 0 Å². The Hall–Kier alpha value is -1.91. The van der Waals surface area contributed by atoms with E-state index in [1.807, 2.05) is 0 Å². The molecule has 2 aromatic rings. The van der Waals surface area contributed by atoms with E-state index in [-0.39, 0.29) is 5.69 Å². The lowest BCUT2D eigenvalue weighted by atomic mass is 10.1. The summed E-state index contributed by atoms with van der Waals surface area (Å²) in [5.74, 6) is -1.60. The van der Waals surface area contributed by atoms with Crippen molar-refractivity contribution in [3.63, 3.8) is 0 Å². The summed E-state index contributed by atoms with van der Waals surface area (Å²) in [6, 6.07) is 2.48. The quantitative estimate of drug-likeness (QED) is 0.726. The summed E-state index contributed by atoms with van der Waals surface area (Å²) in [5, 5.41) is 15.2. The van der Waals surface area contributed by atoms with E-state index in [1.54, 1.807) is 6.92 Å². The van der Waals surface area contributed by atoms with Crippen LogP contribution in [0, 0.1) is 12.7 Å². The largest absolute Gasteiger partial charge is 0.477 e. The fraction of sp³-hybridized carbons (Fsp3) is 0.111. The molecular formula is C9H7FN2O2. The number of aromatic amines is 1. The molecule has 0 aliphatic carbocycles. The van der Waals surface area contributed by atoms with E-state index in [9.17, 15) is 9.18 Å². The average molecular weight is 194 g/mol. The summed E-state index contributed by atoms with van der Waals surface area (Å²) >= 11 is 0. The molecule has 4 nitrogen and oxygen atoms in total. The van der Waals surface area contributed by atoms with Gasteiger partial charge in [-0.1, -0.05) is 0 Å². The number of H-pyrrole nitrogens is 1. The molecule has 1 aromatic carbocycles. The average Bonchev–Trinajstić information content (AvgIpc) is 2.47. The smallest absolute Gasteiger partial charge is 0.354 e. The normalized spacial score (nSPS) is 10.7. The number of hydrogen-bond donors (Lipinski definition) is 2. The summed E-state index contributed by atoms with van der Waals surface area (Å²) in [7, 11) is 0. The maximum absolute atomic E-state index is 13.0. The van der Waals surface area contributed by atoms with Crippen LogP contribution in [0.25, 0.3) is 10.9 Å². The van der Waals surface area contributed by atoms with Crippen LogP contribution in [0.2, 0.25) is 0 Å². The predicted molar refractivity (Wildman–Crippen MR) is 47.7 cm³/mol. The van der Waals surface area contributed by atoms with E-state index in [2.05, 4.69) is 10.2 Å². The first kappa shape index (κ1) is 8.68. The third-order valence-corrected chi connectivity index (χ3v) is 2.03. The monoisotopic (exact) mass is 194 g/mol. The maximum atomic E-state index is 13.0. The van der Waals surface area contributed by atoms with Crippen LogP contribution < -0.4 is 0 Å². The van der Waals surface area contributed by atoms with Crippen LogP contribution in [0.3, 0.4) is 0 Å². The number of nitrogens with zero attached hydrogens (tertiary/aromatic N) is 1. The molecule has 0 aliphatic rings. The Bertz CT molecular complexity index is 519. The number of carbonyl (C=O) groups is 1. The molecule has 2 rings (SSSR count). The molecule has 1 aromatic heterocycles. The van der Waals surface area contributed by atoms with Gasteiger partial charge < -0.3 is 5.11 Å². The first-order valence-electron chi connectivity index (χ1n) is 3.97. The summed E-state index contributed by atoms with van der Waals surface area (Å²) in [4.78, 5) is 10.7. The zero-order valence-electron chi connectivity index (χ0n) is 7.34. The molecule has 72 valence electrons. The maximum Gasteiger partial charge on any atom is 0.354 e. The summed E-state index contributed by atoms with van der Waals surface area (Å²) in [6.45, 7) is 1.68. The van der Waals surface area contributed by atoms with Crippen molar-refractivity contribution >= 4 is 16.9 Å². The molecule has 14 heavy (non-hydrogen) atoms. The molecule has 5 heteroatoms. The van der Waals surface area contributed by atoms with Crippen molar-refractivity contribution in [1.82, 2.24) is 10.2 Å². The van der Waals surface area contributed by atoms with Crippen LogP contribution in [-0.4, -0.2) is 21.3 Å². The van der Waals surface area contributed by atoms with Gasteiger partial charge in [-0.3, -0.25) is 5.10 Å². The highest BCUT2D eigenvalue weighted by molar-refractivity contribution is 6.01. The van der Waals surface area contributed by atoms with Crippen molar-refractivity contribution in [2.75, 3.05) is 0 Å². The number of hydrogen-bond acceptors (Lipinski definition) is 2. The van der Waals surface area contributed by atoms with Gasteiger partial charge in [0.15, 0.2) is 5.69 Å². The molecule has 0 bridgehead atoms. The van der Waals surface area contributed by atoms with E-state index in [0.29, 0.717) is 16.5 Å². The Morgan fingerprint density at radius 2 is 2.29 bits per heavy atom. The molecule has 0 amide bonds.